The summed E-state index contributed by atoms with van der Waals surface area (Å²) in [5, 5.41) is 14.0. The number of nitro groups is 1. The van der Waals surface area contributed by atoms with Gasteiger partial charge in [0.1, 0.15) is 6.33 Å². The second-order valence-corrected chi connectivity index (χ2v) is 3.96. The van der Waals surface area contributed by atoms with Gasteiger partial charge in [-0.15, -0.1) is 6.58 Å². The molecule has 1 aromatic heterocycles. The van der Waals surface area contributed by atoms with Crippen LogP contribution in [0.4, 0.5) is 23.0 Å². The molecule has 108 valence electrons. The van der Waals surface area contributed by atoms with E-state index in [0.29, 0.717) is 6.54 Å². The van der Waals surface area contributed by atoms with Gasteiger partial charge in [0, 0.05) is 6.54 Å². The fourth-order valence-corrected chi connectivity index (χ4v) is 1.59. The number of hydrogen-bond donors (Lipinski definition) is 3. The van der Waals surface area contributed by atoms with E-state index >= 15 is 0 Å². The molecule has 0 bridgehead atoms. The predicted molar refractivity (Wildman–Crippen MR) is 81.1 cm³/mol. The van der Waals surface area contributed by atoms with Gasteiger partial charge in [-0.05, 0) is 12.1 Å². The zero-order chi connectivity index (χ0) is 15.1. The molecule has 0 fully saturated rings. The summed E-state index contributed by atoms with van der Waals surface area (Å²) in [5.74, 6) is 0.206. The summed E-state index contributed by atoms with van der Waals surface area (Å²) in [6, 6.07) is 9.19. The standard InChI is InChI=1S/C13H14N6O2/c1-2-8-14-12-11(19(20)21)13(16-9-15-12)18-17-10-6-4-3-5-7-10/h2-7,9,17H,1,8H2,(H2,14,15,16,18). The van der Waals surface area contributed by atoms with E-state index in [9.17, 15) is 10.1 Å². The topological polar surface area (TPSA) is 105 Å². The van der Waals surface area contributed by atoms with E-state index in [1.807, 2.05) is 30.3 Å². The number of nitrogens with one attached hydrogen (secondary N) is 3. The third-order valence-corrected chi connectivity index (χ3v) is 2.52. The van der Waals surface area contributed by atoms with Gasteiger partial charge in [-0.25, -0.2) is 9.97 Å². The normalized spacial score (nSPS) is 9.71. The Morgan fingerprint density at radius 2 is 1.90 bits per heavy atom. The van der Waals surface area contributed by atoms with Crippen molar-refractivity contribution >= 4 is 23.0 Å². The quantitative estimate of drug-likeness (QED) is 0.408. The smallest absolute Gasteiger partial charge is 0.354 e. The van der Waals surface area contributed by atoms with Gasteiger partial charge in [0.25, 0.3) is 0 Å². The van der Waals surface area contributed by atoms with Crippen LogP contribution in [0.1, 0.15) is 0 Å². The monoisotopic (exact) mass is 286 g/mol. The molecule has 0 unspecified atom stereocenters. The fraction of sp³-hybridized carbons (Fsp3) is 0.0769. The summed E-state index contributed by atoms with van der Waals surface area (Å²) in [6.07, 6.45) is 2.83. The summed E-state index contributed by atoms with van der Waals surface area (Å²) in [7, 11) is 0. The second kappa shape index (κ2) is 6.85. The van der Waals surface area contributed by atoms with Gasteiger partial charge < -0.3 is 5.32 Å². The van der Waals surface area contributed by atoms with Crippen LogP contribution in [0.2, 0.25) is 0 Å². The molecule has 1 aromatic carbocycles. The summed E-state index contributed by atoms with van der Waals surface area (Å²) in [6.45, 7) is 3.91. The lowest BCUT2D eigenvalue weighted by Crippen LogP contribution is -2.14. The molecule has 0 aliphatic rings. The molecule has 8 heteroatoms. The highest BCUT2D eigenvalue weighted by Crippen LogP contribution is 2.28. The Hall–Kier alpha value is -3.16. The molecular weight excluding hydrogens is 272 g/mol. The van der Waals surface area contributed by atoms with Gasteiger partial charge in [0.2, 0.25) is 11.6 Å². The van der Waals surface area contributed by atoms with Crippen molar-refractivity contribution in [1.29, 1.82) is 0 Å². The Bertz CT molecular complexity index is 632. The molecule has 8 nitrogen and oxygen atoms in total. The molecule has 0 radical (unpaired) electrons. The number of hydrazine groups is 1. The Morgan fingerprint density at radius 3 is 2.57 bits per heavy atom. The Balaban J connectivity index is 2.21. The van der Waals surface area contributed by atoms with Crippen molar-refractivity contribution in [2.45, 2.75) is 0 Å². The van der Waals surface area contributed by atoms with E-state index in [4.69, 9.17) is 0 Å². The molecule has 0 saturated heterocycles. The molecule has 2 rings (SSSR count). The van der Waals surface area contributed by atoms with E-state index in [-0.39, 0.29) is 17.3 Å². The van der Waals surface area contributed by atoms with Gasteiger partial charge >= 0.3 is 5.69 Å². The van der Waals surface area contributed by atoms with E-state index in [0.717, 1.165) is 5.69 Å². The first kappa shape index (κ1) is 14.3. The van der Waals surface area contributed by atoms with Gasteiger partial charge in [-0.1, -0.05) is 24.3 Å². The average Bonchev–Trinajstić information content (AvgIpc) is 2.51. The highest BCUT2D eigenvalue weighted by Gasteiger charge is 2.22. The van der Waals surface area contributed by atoms with Gasteiger partial charge in [0.15, 0.2) is 0 Å². The maximum atomic E-state index is 11.2. The number of benzene rings is 1. The molecule has 0 spiro atoms. The first-order valence-corrected chi connectivity index (χ1v) is 6.13. The molecule has 21 heavy (non-hydrogen) atoms. The number of rotatable bonds is 7. The van der Waals surface area contributed by atoms with Crippen LogP contribution in [0.5, 0.6) is 0 Å². The minimum atomic E-state index is -0.541. The lowest BCUT2D eigenvalue weighted by atomic mass is 10.3. The van der Waals surface area contributed by atoms with Gasteiger partial charge in [-0.2, -0.15) is 0 Å². The first-order valence-electron chi connectivity index (χ1n) is 6.13. The van der Waals surface area contributed by atoms with Crippen molar-refractivity contribution in [2.75, 3.05) is 22.7 Å². The number of aromatic nitrogens is 2. The maximum Gasteiger partial charge on any atom is 0.354 e. The van der Waals surface area contributed by atoms with Crippen molar-refractivity contribution in [2.24, 2.45) is 0 Å². The molecule has 0 aliphatic heterocycles. The van der Waals surface area contributed by atoms with E-state index in [1.165, 1.54) is 6.33 Å². The van der Waals surface area contributed by atoms with Crippen LogP contribution in [0, 0.1) is 10.1 Å². The number of nitrogens with zero attached hydrogens (tertiary/aromatic N) is 3. The third kappa shape index (κ3) is 3.66. The Kier molecular flexibility index (Phi) is 4.65. The fourth-order valence-electron chi connectivity index (χ4n) is 1.59. The minimum Gasteiger partial charge on any atom is -0.361 e. The zero-order valence-electron chi connectivity index (χ0n) is 11.1. The largest absolute Gasteiger partial charge is 0.361 e. The lowest BCUT2D eigenvalue weighted by molar-refractivity contribution is -0.383. The van der Waals surface area contributed by atoms with Crippen LogP contribution in [-0.4, -0.2) is 21.4 Å². The van der Waals surface area contributed by atoms with Crippen molar-refractivity contribution in [1.82, 2.24) is 9.97 Å². The Labute approximate surface area is 121 Å². The van der Waals surface area contributed by atoms with Crippen molar-refractivity contribution in [3.8, 4) is 0 Å². The van der Waals surface area contributed by atoms with Gasteiger partial charge in [-0.3, -0.25) is 21.0 Å². The molecule has 1 heterocycles. The van der Waals surface area contributed by atoms with E-state index in [1.54, 1.807) is 6.08 Å². The zero-order valence-corrected chi connectivity index (χ0v) is 11.1. The predicted octanol–water partition coefficient (Wildman–Crippen LogP) is 2.42. The van der Waals surface area contributed by atoms with Crippen molar-refractivity contribution in [3.05, 3.63) is 59.4 Å². The molecule has 3 N–H and O–H groups in total. The van der Waals surface area contributed by atoms with E-state index < -0.39 is 4.92 Å². The van der Waals surface area contributed by atoms with Crippen molar-refractivity contribution in [3.63, 3.8) is 0 Å². The number of para-hydroxylation sites is 1. The molecule has 0 saturated carbocycles. The van der Waals surface area contributed by atoms with Crippen LogP contribution in [0.25, 0.3) is 0 Å². The van der Waals surface area contributed by atoms with E-state index in [2.05, 4.69) is 32.7 Å². The highest BCUT2D eigenvalue weighted by molar-refractivity contribution is 5.70. The second-order valence-electron chi connectivity index (χ2n) is 3.96. The molecule has 0 aliphatic carbocycles. The van der Waals surface area contributed by atoms with Crippen LogP contribution in [-0.2, 0) is 0 Å². The third-order valence-electron chi connectivity index (χ3n) is 2.52. The molecule has 0 atom stereocenters. The number of hydrogen-bond acceptors (Lipinski definition) is 7. The summed E-state index contributed by atoms with van der Waals surface area (Å²) < 4.78 is 0. The molecule has 0 amide bonds. The maximum absolute atomic E-state index is 11.2. The number of anilines is 3. The lowest BCUT2D eigenvalue weighted by Gasteiger charge is -2.10. The van der Waals surface area contributed by atoms with Gasteiger partial charge in [0.05, 0.1) is 10.6 Å². The first-order chi connectivity index (χ1) is 10.2. The summed E-state index contributed by atoms with van der Waals surface area (Å²) in [5.41, 5.74) is 6.09. The van der Waals surface area contributed by atoms with Crippen LogP contribution in [0.15, 0.2) is 49.3 Å². The molecular formula is C13H14N6O2. The SMILES string of the molecule is C=CCNc1ncnc(NNc2ccccc2)c1[N+](=O)[O-]. The minimum absolute atomic E-state index is 0.0745. The summed E-state index contributed by atoms with van der Waals surface area (Å²) >= 11 is 0. The average molecular weight is 286 g/mol. The van der Waals surface area contributed by atoms with Crippen LogP contribution >= 0.6 is 0 Å². The van der Waals surface area contributed by atoms with Crippen LogP contribution in [0.3, 0.4) is 0 Å². The highest BCUT2D eigenvalue weighted by atomic mass is 16.6. The summed E-state index contributed by atoms with van der Waals surface area (Å²) in [4.78, 5) is 18.4. The van der Waals surface area contributed by atoms with Crippen molar-refractivity contribution < 1.29 is 4.92 Å². The Morgan fingerprint density at radius 1 is 1.19 bits per heavy atom. The molecule has 2 aromatic rings. The van der Waals surface area contributed by atoms with Crippen LogP contribution < -0.4 is 16.2 Å².